The van der Waals surface area contributed by atoms with Gasteiger partial charge in [-0.15, -0.1) is 12.6 Å². The highest BCUT2D eigenvalue weighted by Crippen LogP contribution is 2.40. The summed E-state index contributed by atoms with van der Waals surface area (Å²) < 4.78 is 11.3. The van der Waals surface area contributed by atoms with E-state index in [0.717, 1.165) is 16.7 Å². The van der Waals surface area contributed by atoms with E-state index in [9.17, 15) is 19.5 Å². The second-order valence-electron chi connectivity index (χ2n) is 11.5. The molecule has 0 spiro atoms. The number of thioether (sulfide) groups is 1. The zero-order valence-corrected chi connectivity index (χ0v) is 25.5. The highest BCUT2D eigenvalue weighted by atomic mass is 32.2. The van der Waals surface area contributed by atoms with Crippen LogP contribution in [0, 0.1) is 0 Å². The van der Waals surface area contributed by atoms with Crippen molar-refractivity contribution in [3.05, 3.63) is 88.5 Å². The van der Waals surface area contributed by atoms with E-state index in [1.54, 1.807) is 31.7 Å². The standard InChI is InChI=1S/C32H34N2O6S2/c1-31(2,3)40-29(38)34-17-7-16-32(34,28(36)37)19-21-10-12-23(13-11-21)25-15-14-24(39-25)18-26-27(35)33(30(41)42-26)20-22-8-5-4-6-9-22/h4-6,8-15,18,30,41H,7,16-17,19-20H2,1-3H3,(H,36,37)/b26-18-. The summed E-state index contributed by atoms with van der Waals surface area (Å²) in [4.78, 5) is 42.1. The van der Waals surface area contributed by atoms with Crippen molar-refractivity contribution in [3.8, 4) is 11.3 Å². The van der Waals surface area contributed by atoms with Gasteiger partial charge in [-0.05, 0) is 56.9 Å². The first kappa shape index (κ1) is 29.8. The van der Waals surface area contributed by atoms with Crippen LogP contribution in [0.4, 0.5) is 4.79 Å². The van der Waals surface area contributed by atoms with Crippen LogP contribution < -0.4 is 0 Å². The lowest BCUT2D eigenvalue weighted by molar-refractivity contribution is -0.149. The second-order valence-corrected chi connectivity index (χ2v) is 13.5. The Kier molecular flexibility index (Phi) is 8.48. The number of benzene rings is 2. The largest absolute Gasteiger partial charge is 0.479 e. The van der Waals surface area contributed by atoms with Crippen molar-refractivity contribution in [2.45, 2.75) is 62.4 Å². The highest BCUT2D eigenvalue weighted by molar-refractivity contribution is 8.14. The van der Waals surface area contributed by atoms with Gasteiger partial charge in [0.15, 0.2) is 0 Å². The third kappa shape index (κ3) is 6.39. The number of carboxylic acids is 1. The zero-order chi connectivity index (χ0) is 30.1. The number of carbonyl (C=O) groups is 3. The van der Waals surface area contributed by atoms with Gasteiger partial charge in [-0.3, -0.25) is 9.69 Å². The molecule has 1 N–H and O–H groups in total. The van der Waals surface area contributed by atoms with Crippen LogP contribution in [0.15, 0.2) is 76.1 Å². The van der Waals surface area contributed by atoms with Crippen LogP contribution in [0.3, 0.4) is 0 Å². The summed E-state index contributed by atoms with van der Waals surface area (Å²) in [5.41, 5.74) is 0.556. The van der Waals surface area contributed by atoms with Gasteiger partial charge in [-0.1, -0.05) is 66.4 Å². The molecule has 10 heteroatoms. The summed E-state index contributed by atoms with van der Waals surface area (Å²) in [6, 6.07) is 20.9. The van der Waals surface area contributed by atoms with Gasteiger partial charge >= 0.3 is 12.1 Å². The van der Waals surface area contributed by atoms with Crippen molar-refractivity contribution >= 4 is 48.4 Å². The minimum Gasteiger partial charge on any atom is -0.479 e. The molecule has 220 valence electrons. The molecule has 2 atom stereocenters. The van der Waals surface area contributed by atoms with E-state index in [0.29, 0.717) is 42.4 Å². The molecule has 5 rings (SSSR count). The number of carbonyl (C=O) groups excluding carboxylic acids is 2. The quantitative estimate of drug-likeness (QED) is 0.229. The average molecular weight is 607 g/mol. The number of aliphatic carboxylic acids is 1. The van der Waals surface area contributed by atoms with Crippen LogP contribution in [0.5, 0.6) is 0 Å². The maximum Gasteiger partial charge on any atom is 0.411 e. The topological polar surface area (TPSA) is 100 Å². The molecule has 0 saturated carbocycles. The molecule has 42 heavy (non-hydrogen) atoms. The van der Waals surface area contributed by atoms with Gasteiger partial charge in [0.05, 0.1) is 4.91 Å². The minimum atomic E-state index is -1.36. The molecule has 0 bridgehead atoms. The number of likely N-dealkylation sites (tertiary alicyclic amines) is 1. The number of hydrogen-bond donors (Lipinski definition) is 2. The zero-order valence-electron chi connectivity index (χ0n) is 23.8. The number of amides is 2. The molecule has 3 aromatic rings. The molecule has 2 aromatic carbocycles. The van der Waals surface area contributed by atoms with Gasteiger partial charge in [0.25, 0.3) is 5.91 Å². The predicted molar refractivity (Wildman–Crippen MR) is 166 cm³/mol. The van der Waals surface area contributed by atoms with E-state index in [-0.39, 0.29) is 17.0 Å². The van der Waals surface area contributed by atoms with E-state index in [1.165, 1.54) is 16.7 Å². The van der Waals surface area contributed by atoms with Crippen LogP contribution in [0.25, 0.3) is 17.4 Å². The summed E-state index contributed by atoms with van der Waals surface area (Å²) >= 11 is 5.98. The smallest absolute Gasteiger partial charge is 0.411 e. The lowest BCUT2D eigenvalue weighted by atomic mass is 9.88. The fourth-order valence-electron chi connectivity index (χ4n) is 5.28. The first-order valence-corrected chi connectivity index (χ1v) is 15.2. The summed E-state index contributed by atoms with van der Waals surface area (Å²) in [6.07, 6.45) is 2.24. The highest BCUT2D eigenvalue weighted by Gasteiger charge is 2.51. The number of furan rings is 1. The molecular weight excluding hydrogens is 572 g/mol. The molecule has 1 aromatic heterocycles. The fourth-order valence-corrected chi connectivity index (χ4v) is 6.73. The predicted octanol–water partition coefficient (Wildman–Crippen LogP) is 6.67. The van der Waals surface area contributed by atoms with E-state index in [1.807, 2.05) is 66.7 Å². The fraction of sp³-hybridized carbons (Fsp3) is 0.344. The first-order chi connectivity index (χ1) is 19.9. The molecule has 2 amide bonds. The normalized spacial score (nSPS) is 21.8. The second kappa shape index (κ2) is 11.9. The minimum absolute atomic E-state index is 0.0918. The molecule has 8 nitrogen and oxygen atoms in total. The molecular formula is C32H34N2O6S2. The molecule has 3 heterocycles. The Morgan fingerprint density at radius 1 is 1.10 bits per heavy atom. The van der Waals surface area contributed by atoms with Crippen molar-refractivity contribution in [2.75, 3.05) is 6.54 Å². The Morgan fingerprint density at radius 2 is 1.81 bits per heavy atom. The summed E-state index contributed by atoms with van der Waals surface area (Å²) in [5, 5.41) is 10.2. The summed E-state index contributed by atoms with van der Waals surface area (Å²) in [5.74, 6) is 0.0436. The van der Waals surface area contributed by atoms with E-state index >= 15 is 0 Å². The van der Waals surface area contributed by atoms with Gasteiger partial charge in [0, 0.05) is 31.1 Å². The maximum atomic E-state index is 13.1. The maximum absolute atomic E-state index is 13.1. The average Bonchev–Trinajstić information content (AvgIpc) is 3.65. The van der Waals surface area contributed by atoms with Gasteiger partial charge in [-0.25, -0.2) is 9.59 Å². The summed E-state index contributed by atoms with van der Waals surface area (Å²) in [7, 11) is 0. The van der Waals surface area contributed by atoms with Crippen molar-refractivity contribution in [1.82, 2.24) is 9.80 Å². The van der Waals surface area contributed by atoms with E-state index < -0.39 is 23.2 Å². The number of ether oxygens (including phenoxy) is 1. The van der Waals surface area contributed by atoms with Crippen molar-refractivity contribution in [3.63, 3.8) is 0 Å². The Hall–Kier alpha value is -3.63. The Morgan fingerprint density at radius 3 is 2.48 bits per heavy atom. The van der Waals surface area contributed by atoms with E-state index in [2.05, 4.69) is 12.6 Å². The monoisotopic (exact) mass is 606 g/mol. The van der Waals surface area contributed by atoms with Crippen LogP contribution in [-0.4, -0.2) is 55.3 Å². The van der Waals surface area contributed by atoms with Crippen LogP contribution in [0.1, 0.15) is 50.5 Å². The van der Waals surface area contributed by atoms with Gasteiger partial charge in [-0.2, -0.15) is 0 Å². The molecule has 2 fully saturated rings. The summed E-state index contributed by atoms with van der Waals surface area (Å²) in [6.45, 7) is 6.11. The van der Waals surface area contributed by atoms with Gasteiger partial charge in [0.1, 0.15) is 27.4 Å². The lowest BCUT2D eigenvalue weighted by Crippen LogP contribution is -2.55. The Balaban J connectivity index is 1.28. The SMILES string of the molecule is CC(C)(C)OC(=O)N1CCCC1(Cc1ccc(-c2ccc(/C=C3\SC(S)N(Cc4ccccc4)C3=O)o2)cc1)C(=O)O. The van der Waals surface area contributed by atoms with Crippen LogP contribution in [-0.2, 0) is 27.3 Å². The van der Waals surface area contributed by atoms with Crippen molar-refractivity contribution < 1.29 is 28.6 Å². The molecule has 0 radical (unpaired) electrons. The van der Waals surface area contributed by atoms with Crippen LogP contribution in [0.2, 0.25) is 0 Å². The number of hydrogen-bond acceptors (Lipinski definition) is 7. The molecule has 2 aliphatic heterocycles. The van der Waals surface area contributed by atoms with E-state index in [4.69, 9.17) is 9.15 Å². The molecule has 2 unspecified atom stereocenters. The molecule has 0 aliphatic carbocycles. The number of rotatable bonds is 7. The molecule has 2 saturated heterocycles. The van der Waals surface area contributed by atoms with Crippen LogP contribution >= 0.6 is 24.4 Å². The number of thiol groups is 1. The Labute approximate surface area is 255 Å². The number of carboxylic acid groups (broad SMARTS) is 1. The Bertz CT molecular complexity index is 1500. The van der Waals surface area contributed by atoms with Crippen molar-refractivity contribution in [1.29, 1.82) is 0 Å². The van der Waals surface area contributed by atoms with Gasteiger partial charge < -0.3 is 19.2 Å². The lowest BCUT2D eigenvalue weighted by Gasteiger charge is -2.36. The number of nitrogens with zero attached hydrogens (tertiary/aromatic N) is 2. The molecule has 2 aliphatic rings. The third-order valence-electron chi connectivity index (χ3n) is 7.30. The van der Waals surface area contributed by atoms with Crippen molar-refractivity contribution in [2.24, 2.45) is 0 Å². The van der Waals surface area contributed by atoms with Gasteiger partial charge in [0.2, 0.25) is 0 Å². The first-order valence-electron chi connectivity index (χ1n) is 13.8. The third-order valence-corrected chi connectivity index (χ3v) is 8.91.